The number of nitrogens with zero attached hydrogens (tertiary/aromatic N) is 4. The Morgan fingerprint density at radius 1 is 0.950 bits per heavy atom. The van der Waals surface area contributed by atoms with Gasteiger partial charge in [0, 0.05) is 16.9 Å². The zero-order valence-corrected chi connectivity index (χ0v) is 10.8. The third-order valence-corrected chi connectivity index (χ3v) is 2.94. The van der Waals surface area contributed by atoms with Crippen molar-refractivity contribution < 1.29 is 0 Å². The largest absolute Gasteiger partial charge is 0.399 e. The number of rotatable bonds is 3. The maximum Gasteiger partial charge on any atom is 0.182 e. The summed E-state index contributed by atoms with van der Waals surface area (Å²) in [6.07, 6.45) is 0. The summed E-state index contributed by atoms with van der Waals surface area (Å²) in [6.45, 7) is 0.595. The van der Waals surface area contributed by atoms with Gasteiger partial charge in [-0.2, -0.15) is 0 Å². The van der Waals surface area contributed by atoms with Gasteiger partial charge in [0.05, 0.1) is 6.54 Å². The van der Waals surface area contributed by atoms with E-state index in [1.165, 1.54) is 0 Å². The topological polar surface area (TPSA) is 95.6 Å². The van der Waals surface area contributed by atoms with Gasteiger partial charge in [-0.25, -0.2) is 4.68 Å². The molecule has 0 aliphatic rings. The Bertz CT molecular complexity index is 699. The lowest BCUT2D eigenvalue weighted by atomic mass is 10.1. The van der Waals surface area contributed by atoms with Crippen LogP contribution in [0.5, 0.6) is 0 Å². The molecule has 3 rings (SSSR count). The van der Waals surface area contributed by atoms with Crippen LogP contribution in [0.3, 0.4) is 0 Å². The molecule has 1 heterocycles. The third-order valence-electron chi connectivity index (χ3n) is 2.94. The molecule has 0 saturated carbocycles. The van der Waals surface area contributed by atoms with E-state index in [9.17, 15) is 0 Å². The second-order valence-electron chi connectivity index (χ2n) is 4.53. The third kappa shape index (κ3) is 2.44. The molecule has 0 spiro atoms. The molecule has 100 valence electrons. The van der Waals surface area contributed by atoms with E-state index in [0.717, 1.165) is 11.1 Å². The number of tetrazole rings is 1. The first kappa shape index (κ1) is 12.2. The molecule has 0 saturated heterocycles. The summed E-state index contributed by atoms with van der Waals surface area (Å²) >= 11 is 0. The Morgan fingerprint density at radius 3 is 2.35 bits per heavy atom. The lowest BCUT2D eigenvalue weighted by Crippen LogP contribution is -2.04. The van der Waals surface area contributed by atoms with Crippen molar-refractivity contribution in [1.29, 1.82) is 0 Å². The van der Waals surface area contributed by atoms with Gasteiger partial charge < -0.3 is 11.5 Å². The highest BCUT2D eigenvalue weighted by molar-refractivity contribution is 5.67. The summed E-state index contributed by atoms with van der Waals surface area (Å²) in [4.78, 5) is 0. The molecule has 0 bridgehead atoms. The fraction of sp³-hybridized carbons (Fsp3) is 0.0714. The second-order valence-corrected chi connectivity index (χ2v) is 4.53. The molecule has 6 heteroatoms. The molecule has 3 aromatic rings. The molecule has 4 N–H and O–H groups in total. The Kier molecular flexibility index (Phi) is 3.04. The molecule has 0 aliphatic heterocycles. The molecule has 2 aromatic carbocycles. The van der Waals surface area contributed by atoms with Crippen molar-refractivity contribution in [3.63, 3.8) is 0 Å². The minimum Gasteiger partial charge on any atom is -0.399 e. The van der Waals surface area contributed by atoms with Gasteiger partial charge in [0.25, 0.3) is 0 Å². The molecule has 0 amide bonds. The van der Waals surface area contributed by atoms with Crippen LogP contribution in [-0.2, 0) is 6.54 Å². The number of hydrogen-bond donors (Lipinski definition) is 2. The SMILES string of the molecule is Nc1cc(N)cc(-c2nnnn2Cc2ccccc2)c1. The lowest BCUT2D eigenvalue weighted by molar-refractivity contribution is 0.653. The fourth-order valence-corrected chi connectivity index (χ4v) is 2.08. The smallest absolute Gasteiger partial charge is 0.182 e. The van der Waals surface area contributed by atoms with Crippen LogP contribution >= 0.6 is 0 Å². The molecule has 1 aromatic heterocycles. The van der Waals surface area contributed by atoms with Gasteiger partial charge in [0.15, 0.2) is 5.82 Å². The van der Waals surface area contributed by atoms with Gasteiger partial charge in [-0.3, -0.25) is 0 Å². The normalized spacial score (nSPS) is 10.6. The summed E-state index contributed by atoms with van der Waals surface area (Å²) in [5.74, 6) is 0.646. The lowest BCUT2D eigenvalue weighted by Gasteiger charge is -2.06. The van der Waals surface area contributed by atoms with Gasteiger partial charge in [0.1, 0.15) is 0 Å². The van der Waals surface area contributed by atoms with Crippen molar-refractivity contribution >= 4 is 11.4 Å². The van der Waals surface area contributed by atoms with Crippen molar-refractivity contribution in [2.45, 2.75) is 6.54 Å². The first-order chi connectivity index (χ1) is 9.72. The van der Waals surface area contributed by atoms with Gasteiger partial charge in [-0.1, -0.05) is 30.3 Å². The number of benzene rings is 2. The zero-order chi connectivity index (χ0) is 13.9. The van der Waals surface area contributed by atoms with E-state index < -0.39 is 0 Å². The summed E-state index contributed by atoms with van der Waals surface area (Å²) < 4.78 is 1.73. The van der Waals surface area contributed by atoms with E-state index in [-0.39, 0.29) is 0 Å². The quantitative estimate of drug-likeness (QED) is 0.701. The molecule has 0 radical (unpaired) electrons. The second kappa shape index (κ2) is 5.00. The molecule has 6 nitrogen and oxygen atoms in total. The molecule has 0 atom stereocenters. The molecular formula is C14H14N6. The predicted octanol–water partition coefficient (Wildman–Crippen LogP) is 1.55. The Hall–Kier alpha value is -2.89. The van der Waals surface area contributed by atoms with E-state index in [4.69, 9.17) is 11.5 Å². The van der Waals surface area contributed by atoms with Crippen molar-refractivity contribution in [1.82, 2.24) is 20.2 Å². The van der Waals surface area contributed by atoms with E-state index in [0.29, 0.717) is 23.7 Å². The van der Waals surface area contributed by atoms with Crippen molar-refractivity contribution in [2.75, 3.05) is 11.5 Å². The van der Waals surface area contributed by atoms with Gasteiger partial charge in [0.2, 0.25) is 0 Å². The van der Waals surface area contributed by atoms with Crippen LogP contribution in [0.15, 0.2) is 48.5 Å². The Morgan fingerprint density at radius 2 is 1.65 bits per heavy atom. The summed E-state index contributed by atoms with van der Waals surface area (Å²) in [5, 5.41) is 11.8. The highest BCUT2D eigenvalue weighted by Gasteiger charge is 2.10. The van der Waals surface area contributed by atoms with E-state index >= 15 is 0 Å². The molecule has 20 heavy (non-hydrogen) atoms. The average Bonchev–Trinajstić information content (AvgIpc) is 2.87. The van der Waals surface area contributed by atoms with E-state index in [1.807, 2.05) is 42.5 Å². The summed E-state index contributed by atoms with van der Waals surface area (Å²) in [6, 6.07) is 15.3. The minimum atomic E-state index is 0.592. The van der Waals surface area contributed by atoms with E-state index in [1.54, 1.807) is 10.7 Å². The van der Waals surface area contributed by atoms with Crippen LogP contribution in [0.4, 0.5) is 11.4 Å². The first-order valence-corrected chi connectivity index (χ1v) is 6.19. The van der Waals surface area contributed by atoms with Crippen LogP contribution in [0.1, 0.15) is 5.56 Å². The molecule has 0 aliphatic carbocycles. The van der Waals surface area contributed by atoms with Crippen LogP contribution in [-0.4, -0.2) is 20.2 Å². The van der Waals surface area contributed by atoms with Crippen molar-refractivity contribution in [3.05, 3.63) is 54.1 Å². The number of nitrogen functional groups attached to an aromatic ring is 2. The summed E-state index contributed by atoms with van der Waals surface area (Å²) in [7, 11) is 0. The van der Waals surface area contributed by atoms with E-state index in [2.05, 4.69) is 15.5 Å². The average molecular weight is 266 g/mol. The molecule has 0 unspecified atom stereocenters. The minimum absolute atomic E-state index is 0.592. The van der Waals surface area contributed by atoms with Crippen LogP contribution in [0, 0.1) is 0 Å². The van der Waals surface area contributed by atoms with Crippen LogP contribution in [0.25, 0.3) is 11.4 Å². The standard InChI is InChI=1S/C14H14N6/c15-12-6-11(7-13(16)8-12)14-17-18-19-20(14)9-10-4-2-1-3-5-10/h1-8H,9,15-16H2. The maximum atomic E-state index is 5.81. The number of anilines is 2. The maximum absolute atomic E-state index is 5.81. The number of hydrogen-bond acceptors (Lipinski definition) is 5. The highest BCUT2D eigenvalue weighted by Crippen LogP contribution is 2.22. The van der Waals surface area contributed by atoms with Crippen LogP contribution in [0.2, 0.25) is 0 Å². The predicted molar refractivity (Wildman–Crippen MR) is 77.6 cm³/mol. The van der Waals surface area contributed by atoms with Crippen molar-refractivity contribution in [2.24, 2.45) is 0 Å². The van der Waals surface area contributed by atoms with Crippen molar-refractivity contribution in [3.8, 4) is 11.4 Å². The number of nitrogens with two attached hydrogens (primary N) is 2. The summed E-state index contributed by atoms with van der Waals surface area (Å²) in [5.41, 5.74) is 14.7. The van der Waals surface area contributed by atoms with Gasteiger partial charge >= 0.3 is 0 Å². The van der Waals surface area contributed by atoms with Crippen LogP contribution < -0.4 is 11.5 Å². The monoisotopic (exact) mass is 266 g/mol. The first-order valence-electron chi connectivity index (χ1n) is 6.19. The fourth-order valence-electron chi connectivity index (χ4n) is 2.08. The Balaban J connectivity index is 1.98. The van der Waals surface area contributed by atoms with Gasteiger partial charge in [-0.15, -0.1) is 5.10 Å². The molecule has 0 fully saturated rings. The highest BCUT2D eigenvalue weighted by atomic mass is 15.5. The molecular weight excluding hydrogens is 252 g/mol. The Labute approximate surface area is 116 Å². The zero-order valence-electron chi connectivity index (χ0n) is 10.8. The van der Waals surface area contributed by atoms with Gasteiger partial charge in [-0.05, 0) is 34.2 Å². The number of aromatic nitrogens is 4.